The Morgan fingerprint density at radius 1 is 1.04 bits per heavy atom. The van der Waals surface area contributed by atoms with Crippen molar-refractivity contribution in [3.63, 3.8) is 0 Å². The molecule has 0 unspecified atom stereocenters. The van der Waals surface area contributed by atoms with Crippen LogP contribution in [0.3, 0.4) is 0 Å². The number of rotatable bonds is 9. The molecule has 1 aliphatic rings. The summed E-state index contributed by atoms with van der Waals surface area (Å²) in [6.45, 7) is 0.612. The average molecular weight is 360 g/mol. The van der Waals surface area contributed by atoms with Gasteiger partial charge in [0, 0.05) is 6.54 Å². The minimum atomic E-state index is -0.206. The van der Waals surface area contributed by atoms with Crippen molar-refractivity contribution in [3.05, 3.63) is 35.4 Å². The van der Waals surface area contributed by atoms with Gasteiger partial charge in [-0.25, -0.2) is 0 Å². The molecule has 6 heteroatoms. The lowest BCUT2D eigenvalue weighted by molar-refractivity contribution is -0.125. The minimum absolute atomic E-state index is 0.00876. The molecule has 142 valence electrons. The Morgan fingerprint density at radius 3 is 2.54 bits per heavy atom. The van der Waals surface area contributed by atoms with Gasteiger partial charge in [0.15, 0.2) is 11.5 Å². The zero-order valence-electron chi connectivity index (χ0n) is 15.6. The van der Waals surface area contributed by atoms with E-state index in [1.807, 2.05) is 0 Å². The molecular formula is C20H28N2O4. The van der Waals surface area contributed by atoms with E-state index in [0.717, 1.165) is 24.8 Å². The third-order valence-corrected chi connectivity index (χ3v) is 4.41. The normalized spacial score (nSPS) is 13.5. The largest absolute Gasteiger partial charge is 0.493 e. The van der Waals surface area contributed by atoms with Gasteiger partial charge in [0.2, 0.25) is 11.8 Å². The zero-order chi connectivity index (χ0) is 18.8. The van der Waals surface area contributed by atoms with Gasteiger partial charge < -0.3 is 20.1 Å². The molecule has 0 radical (unpaired) electrons. The van der Waals surface area contributed by atoms with Crippen molar-refractivity contribution >= 4 is 11.8 Å². The first-order valence-corrected chi connectivity index (χ1v) is 9.04. The van der Waals surface area contributed by atoms with Crippen LogP contribution in [0.4, 0.5) is 0 Å². The molecule has 0 saturated heterocycles. The van der Waals surface area contributed by atoms with Crippen LogP contribution in [0.2, 0.25) is 0 Å². The Labute approximate surface area is 154 Å². The molecule has 2 N–H and O–H groups in total. The first-order chi connectivity index (χ1) is 12.6. The molecule has 1 aromatic carbocycles. The summed E-state index contributed by atoms with van der Waals surface area (Å²) in [7, 11) is 3.11. The summed E-state index contributed by atoms with van der Waals surface area (Å²) < 4.78 is 10.4. The number of carbonyl (C=O) groups excluding carboxylic acids is 2. The number of allylic oxidation sites excluding steroid dienone is 1. The van der Waals surface area contributed by atoms with Gasteiger partial charge in [0.05, 0.1) is 27.2 Å². The van der Waals surface area contributed by atoms with Gasteiger partial charge in [-0.2, -0.15) is 0 Å². The van der Waals surface area contributed by atoms with Crippen LogP contribution in [0.5, 0.6) is 11.5 Å². The molecule has 0 spiro atoms. The summed E-state index contributed by atoms with van der Waals surface area (Å²) in [6, 6.07) is 5.32. The Hall–Kier alpha value is -2.50. The highest BCUT2D eigenvalue weighted by Gasteiger charge is 2.10. The van der Waals surface area contributed by atoms with Gasteiger partial charge in [-0.15, -0.1) is 0 Å². The van der Waals surface area contributed by atoms with E-state index in [0.29, 0.717) is 18.0 Å². The molecule has 0 bridgehead atoms. The van der Waals surface area contributed by atoms with Gasteiger partial charge in [0.25, 0.3) is 0 Å². The highest BCUT2D eigenvalue weighted by molar-refractivity contribution is 5.85. The van der Waals surface area contributed by atoms with E-state index in [4.69, 9.17) is 9.47 Å². The molecule has 0 aromatic heterocycles. The molecule has 0 fully saturated rings. The number of hydrogen-bond donors (Lipinski definition) is 2. The van der Waals surface area contributed by atoms with Crippen LogP contribution >= 0.6 is 0 Å². The Morgan fingerprint density at radius 2 is 1.85 bits per heavy atom. The number of carbonyl (C=O) groups is 2. The number of amides is 2. The standard InChI is InChI=1S/C20H28N2O4/c1-25-17-9-8-16(12-18(17)26-2)13-19(23)22-14-20(24)21-11-10-15-6-4-3-5-7-15/h6,8-9,12H,3-5,7,10-11,13-14H2,1-2H3,(H,21,24)(H,22,23). The highest BCUT2D eigenvalue weighted by Crippen LogP contribution is 2.27. The van der Waals surface area contributed by atoms with Crippen LogP contribution in [0.25, 0.3) is 0 Å². The number of methoxy groups -OCH3 is 2. The fourth-order valence-corrected chi connectivity index (χ4v) is 2.97. The zero-order valence-corrected chi connectivity index (χ0v) is 15.6. The molecule has 2 amide bonds. The summed E-state index contributed by atoms with van der Waals surface area (Å²) in [5.74, 6) is 0.820. The van der Waals surface area contributed by atoms with Crippen LogP contribution in [0, 0.1) is 0 Å². The molecule has 2 rings (SSSR count). The summed E-state index contributed by atoms with van der Waals surface area (Å²) in [4.78, 5) is 23.9. The van der Waals surface area contributed by atoms with Gasteiger partial charge in [-0.1, -0.05) is 17.7 Å². The van der Waals surface area contributed by atoms with E-state index < -0.39 is 0 Å². The van der Waals surface area contributed by atoms with Crippen molar-refractivity contribution in [2.75, 3.05) is 27.3 Å². The number of hydrogen-bond acceptors (Lipinski definition) is 4. The van der Waals surface area contributed by atoms with Crippen LogP contribution < -0.4 is 20.1 Å². The molecule has 1 aliphatic carbocycles. The van der Waals surface area contributed by atoms with Crippen LogP contribution in [-0.4, -0.2) is 39.1 Å². The van der Waals surface area contributed by atoms with Gasteiger partial charge in [0.1, 0.15) is 0 Å². The molecule has 6 nitrogen and oxygen atoms in total. The summed E-state index contributed by atoms with van der Waals surface area (Å²) in [5, 5.41) is 5.50. The van der Waals surface area contributed by atoms with E-state index in [-0.39, 0.29) is 24.8 Å². The fraction of sp³-hybridized carbons (Fsp3) is 0.500. The smallest absolute Gasteiger partial charge is 0.239 e. The summed E-state index contributed by atoms with van der Waals surface area (Å²) in [5.41, 5.74) is 2.22. The van der Waals surface area contributed by atoms with E-state index >= 15 is 0 Å². The second-order valence-corrected chi connectivity index (χ2v) is 6.35. The Balaban J connectivity index is 1.69. The topological polar surface area (TPSA) is 76.7 Å². The maximum atomic E-state index is 12.0. The van der Waals surface area contributed by atoms with E-state index in [2.05, 4.69) is 16.7 Å². The maximum Gasteiger partial charge on any atom is 0.239 e. The van der Waals surface area contributed by atoms with Crippen LogP contribution in [-0.2, 0) is 16.0 Å². The van der Waals surface area contributed by atoms with Gasteiger partial charge in [-0.3, -0.25) is 9.59 Å². The third kappa shape index (κ3) is 6.43. The van der Waals surface area contributed by atoms with Gasteiger partial charge in [-0.05, 0) is 49.8 Å². The lowest BCUT2D eigenvalue weighted by Crippen LogP contribution is -2.38. The molecule has 26 heavy (non-hydrogen) atoms. The monoisotopic (exact) mass is 360 g/mol. The van der Waals surface area contributed by atoms with E-state index in [9.17, 15) is 9.59 Å². The SMILES string of the molecule is COc1ccc(CC(=O)NCC(=O)NCCC2=CCCCC2)cc1OC. The predicted molar refractivity (Wildman–Crippen MR) is 100 cm³/mol. The number of benzene rings is 1. The van der Waals surface area contributed by atoms with Crippen molar-refractivity contribution in [3.8, 4) is 11.5 Å². The van der Waals surface area contributed by atoms with Crippen molar-refractivity contribution < 1.29 is 19.1 Å². The molecule has 1 aromatic rings. The van der Waals surface area contributed by atoms with Crippen molar-refractivity contribution in [1.82, 2.24) is 10.6 Å². The number of nitrogens with one attached hydrogen (secondary N) is 2. The quantitative estimate of drug-likeness (QED) is 0.663. The van der Waals surface area contributed by atoms with Crippen LogP contribution in [0.15, 0.2) is 29.8 Å². The number of ether oxygens (including phenoxy) is 2. The first kappa shape index (κ1) is 19.8. The summed E-state index contributed by atoms with van der Waals surface area (Å²) in [6.07, 6.45) is 8.15. The maximum absolute atomic E-state index is 12.0. The highest BCUT2D eigenvalue weighted by atomic mass is 16.5. The first-order valence-electron chi connectivity index (χ1n) is 9.04. The van der Waals surface area contributed by atoms with E-state index in [1.54, 1.807) is 32.4 Å². The molecule has 0 atom stereocenters. The lowest BCUT2D eigenvalue weighted by Gasteiger charge is -2.13. The average Bonchev–Trinajstić information content (AvgIpc) is 2.67. The molecular weight excluding hydrogens is 332 g/mol. The molecule has 0 saturated carbocycles. The Bertz CT molecular complexity index is 655. The third-order valence-electron chi connectivity index (χ3n) is 4.41. The minimum Gasteiger partial charge on any atom is -0.493 e. The Kier molecular flexibility index (Phi) is 7.99. The fourth-order valence-electron chi connectivity index (χ4n) is 2.97. The van der Waals surface area contributed by atoms with Crippen LogP contribution in [0.1, 0.15) is 37.7 Å². The molecule has 0 heterocycles. The molecule has 0 aliphatic heterocycles. The predicted octanol–water partition coefficient (Wildman–Crippen LogP) is 2.37. The van der Waals surface area contributed by atoms with E-state index in [1.165, 1.54) is 18.4 Å². The van der Waals surface area contributed by atoms with Gasteiger partial charge >= 0.3 is 0 Å². The van der Waals surface area contributed by atoms with Crippen molar-refractivity contribution in [2.45, 2.75) is 38.5 Å². The van der Waals surface area contributed by atoms with Crippen molar-refractivity contribution in [2.24, 2.45) is 0 Å². The second kappa shape index (κ2) is 10.5. The summed E-state index contributed by atoms with van der Waals surface area (Å²) >= 11 is 0. The second-order valence-electron chi connectivity index (χ2n) is 6.35. The van der Waals surface area contributed by atoms with Crippen molar-refractivity contribution in [1.29, 1.82) is 0 Å². The lowest BCUT2D eigenvalue weighted by atomic mass is 9.97.